The molecule has 0 amide bonds. The Morgan fingerprint density at radius 1 is 1.19 bits per heavy atom. The van der Waals surface area contributed by atoms with E-state index in [1.165, 1.54) is 6.08 Å². The first-order valence-electron chi connectivity index (χ1n) is 6.00. The van der Waals surface area contributed by atoms with Gasteiger partial charge in [0.15, 0.2) is 17.5 Å². The van der Waals surface area contributed by atoms with Gasteiger partial charge in [0.25, 0.3) is 0 Å². The normalized spacial score (nSPS) is 16.5. The van der Waals surface area contributed by atoms with Gasteiger partial charge >= 0.3 is 0 Å². The number of hydrogen-bond donors (Lipinski definition) is 2. The van der Waals surface area contributed by atoms with Crippen LogP contribution in [-0.2, 0) is 0 Å². The molecule has 2 N–H and O–H groups in total. The minimum atomic E-state index is -1.57. The number of nitrogens with zero attached hydrogens (tertiary/aromatic N) is 1. The van der Waals surface area contributed by atoms with Gasteiger partial charge in [-0.15, -0.1) is 31.4 Å². The summed E-state index contributed by atoms with van der Waals surface area (Å²) in [5.74, 6) is -4.93. The van der Waals surface area contributed by atoms with Crippen molar-refractivity contribution < 1.29 is 18.3 Å². The second kappa shape index (κ2) is 8.48. The van der Waals surface area contributed by atoms with Crippen molar-refractivity contribution in [2.24, 2.45) is 0 Å². The Labute approximate surface area is 133 Å². The number of halogens is 5. The molecule has 1 aromatic carbocycles. The zero-order valence-electron chi connectivity index (χ0n) is 11.1. The van der Waals surface area contributed by atoms with Gasteiger partial charge in [0, 0.05) is 32.2 Å². The van der Waals surface area contributed by atoms with Crippen LogP contribution < -0.4 is 5.32 Å². The molecular weight excluding hydrogens is 328 g/mol. The molecule has 1 saturated heterocycles. The van der Waals surface area contributed by atoms with Crippen LogP contribution in [0.3, 0.4) is 0 Å². The summed E-state index contributed by atoms with van der Waals surface area (Å²) >= 11 is 0. The van der Waals surface area contributed by atoms with Crippen LogP contribution in [0.1, 0.15) is 11.6 Å². The van der Waals surface area contributed by atoms with Gasteiger partial charge in [-0.05, 0) is 0 Å². The average molecular weight is 345 g/mol. The molecule has 8 heteroatoms. The van der Waals surface area contributed by atoms with Crippen LogP contribution in [0.5, 0.6) is 5.75 Å². The highest BCUT2D eigenvalue weighted by Crippen LogP contribution is 2.34. The fraction of sp³-hybridized carbons (Fsp3) is 0.385. The molecule has 1 atom stereocenters. The van der Waals surface area contributed by atoms with Crippen LogP contribution in [0.4, 0.5) is 13.2 Å². The Balaban J connectivity index is 0.00000200. The quantitative estimate of drug-likeness (QED) is 0.653. The van der Waals surface area contributed by atoms with Crippen LogP contribution in [0.25, 0.3) is 0 Å². The number of piperazine rings is 1. The number of nitrogens with one attached hydrogen (secondary N) is 1. The topological polar surface area (TPSA) is 35.5 Å². The van der Waals surface area contributed by atoms with Crippen molar-refractivity contribution in [1.29, 1.82) is 0 Å². The SMILES string of the molecule is C=C[C@@H](c1c(O)cc(F)c(F)c1F)N1CCNCC1.Cl.Cl. The maximum atomic E-state index is 13.9. The van der Waals surface area contributed by atoms with E-state index < -0.39 is 29.2 Å². The lowest BCUT2D eigenvalue weighted by Crippen LogP contribution is -2.44. The molecule has 1 heterocycles. The molecule has 0 spiro atoms. The molecule has 2 rings (SSSR count). The molecule has 1 aromatic rings. The number of aromatic hydroxyl groups is 1. The molecule has 0 radical (unpaired) electrons. The molecular formula is C13H17Cl2F3N2O. The maximum absolute atomic E-state index is 13.9. The van der Waals surface area contributed by atoms with Crippen molar-refractivity contribution >= 4 is 24.8 Å². The van der Waals surface area contributed by atoms with Crippen molar-refractivity contribution in [1.82, 2.24) is 10.2 Å². The molecule has 120 valence electrons. The molecule has 0 aromatic heterocycles. The predicted octanol–water partition coefficient (Wildman–Crippen LogP) is 2.79. The Morgan fingerprint density at radius 2 is 1.76 bits per heavy atom. The van der Waals surface area contributed by atoms with Crippen LogP contribution in [-0.4, -0.2) is 36.2 Å². The fourth-order valence-corrected chi connectivity index (χ4v) is 2.29. The summed E-state index contributed by atoms with van der Waals surface area (Å²) in [4.78, 5) is 1.85. The third kappa shape index (κ3) is 4.03. The van der Waals surface area contributed by atoms with Gasteiger partial charge in [0.1, 0.15) is 5.75 Å². The van der Waals surface area contributed by atoms with Gasteiger partial charge in [-0.3, -0.25) is 4.90 Å². The van der Waals surface area contributed by atoms with E-state index in [0.29, 0.717) is 32.2 Å². The molecule has 3 nitrogen and oxygen atoms in total. The summed E-state index contributed by atoms with van der Waals surface area (Å²) in [6.45, 7) is 6.21. The van der Waals surface area contributed by atoms with Crippen LogP contribution in [0.2, 0.25) is 0 Å². The van der Waals surface area contributed by atoms with Crippen molar-refractivity contribution in [3.63, 3.8) is 0 Å². The zero-order valence-corrected chi connectivity index (χ0v) is 12.7. The van der Waals surface area contributed by atoms with E-state index in [0.717, 1.165) is 0 Å². The highest BCUT2D eigenvalue weighted by molar-refractivity contribution is 5.85. The minimum Gasteiger partial charge on any atom is -0.507 e. The van der Waals surface area contributed by atoms with E-state index in [-0.39, 0.29) is 30.4 Å². The second-order valence-corrected chi connectivity index (χ2v) is 4.39. The number of phenols is 1. The summed E-state index contributed by atoms with van der Waals surface area (Å²) in [6, 6.07) is -0.0934. The van der Waals surface area contributed by atoms with Gasteiger partial charge in [-0.1, -0.05) is 6.08 Å². The van der Waals surface area contributed by atoms with Gasteiger partial charge in [0.05, 0.1) is 11.6 Å². The lowest BCUT2D eigenvalue weighted by molar-refractivity contribution is 0.196. The van der Waals surface area contributed by atoms with E-state index in [4.69, 9.17) is 0 Å². The van der Waals surface area contributed by atoms with Crippen LogP contribution >= 0.6 is 24.8 Å². The first-order valence-corrected chi connectivity index (χ1v) is 6.00. The molecule has 1 fully saturated rings. The van der Waals surface area contributed by atoms with Crippen LogP contribution in [0.15, 0.2) is 18.7 Å². The van der Waals surface area contributed by atoms with Gasteiger partial charge in [-0.25, -0.2) is 13.2 Å². The monoisotopic (exact) mass is 344 g/mol. The Morgan fingerprint density at radius 3 is 2.29 bits per heavy atom. The number of hydrogen-bond acceptors (Lipinski definition) is 3. The third-order valence-electron chi connectivity index (χ3n) is 3.24. The van der Waals surface area contributed by atoms with E-state index in [2.05, 4.69) is 11.9 Å². The average Bonchev–Trinajstić information content (AvgIpc) is 2.42. The van der Waals surface area contributed by atoms with Crippen LogP contribution in [0, 0.1) is 17.5 Å². The Kier molecular flexibility index (Phi) is 8.10. The molecule has 0 saturated carbocycles. The zero-order chi connectivity index (χ0) is 14.0. The molecule has 1 aliphatic rings. The molecule has 0 unspecified atom stereocenters. The lowest BCUT2D eigenvalue weighted by Gasteiger charge is -2.33. The standard InChI is InChI=1S/C13H15F3N2O.2ClH/c1-2-9(18-5-3-17-4-6-18)11-10(19)7-8(14)12(15)13(11)16;;/h2,7,9,17,19H,1,3-6H2;2*1H/t9-;;/m0../s1. The predicted molar refractivity (Wildman–Crippen MR) is 79.9 cm³/mol. The first-order chi connectivity index (χ1) is 9.06. The van der Waals surface area contributed by atoms with Gasteiger partial charge < -0.3 is 10.4 Å². The minimum absolute atomic E-state index is 0. The summed E-state index contributed by atoms with van der Waals surface area (Å²) in [7, 11) is 0. The van der Waals surface area contributed by atoms with Crippen molar-refractivity contribution in [3.05, 3.63) is 41.7 Å². The van der Waals surface area contributed by atoms with Crippen molar-refractivity contribution in [2.75, 3.05) is 26.2 Å². The molecule has 0 bridgehead atoms. The van der Waals surface area contributed by atoms with Crippen molar-refractivity contribution in [3.8, 4) is 5.75 Å². The summed E-state index contributed by atoms with van der Waals surface area (Å²) < 4.78 is 40.2. The Hall–Kier alpha value is -0.950. The van der Waals surface area contributed by atoms with Gasteiger partial charge in [-0.2, -0.15) is 0 Å². The maximum Gasteiger partial charge on any atom is 0.195 e. The summed E-state index contributed by atoms with van der Waals surface area (Å²) in [5, 5.41) is 12.8. The Bertz CT molecular complexity index is 497. The first kappa shape index (κ1) is 20.1. The van der Waals surface area contributed by atoms with Gasteiger partial charge in [0.2, 0.25) is 0 Å². The fourth-order valence-electron chi connectivity index (χ4n) is 2.29. The molecule has 1 aliphatic heterocycles. The molecule has 0 aliphatic carbocycles. The smallest absolute Gasteiger partial charge is 0.195 e. The van der Waals surface area contributed by atoms with E-state index in [1.807, 2.05) is 4.90 Å². The summed E-state index contributed by atoms with van der Waals surface area (Å²) in [5.41, 5.74) is -0.268. The number of rotatable bonds is 3. The molecule has 21 heavy (non-hydrogen) atoms. The number of phenolic OH excluding ortho intramolecular Hbond substituents is 1. The van der Waals surface area contributed by atoms with Crippen molar-refractivity contribution in [2.45, 2.75) is 6.04 Å². The lowest BCUT2D eigenvalue weighted by atomic mass is 10.0. The van der Waals surface area contributed by atoms with E-state index in [9.17, 15) is 18.3 Å². The summed E-state index contributed by atoms with van der Waals surface area (Å²) in [6.07, 6.45) is 1.42. The third-order valence-corrected chi connectivity index (χ3v) is 3.24. The number of benzene rings is 1. The van der Waals surface area contributed by atoms with E-state index in [1.54, 1.807) is 0 Å². The highest BCUT2D eigenvalue weighted by atomic mass is 35.5. The second-order valence-electron chi connectivity index (χ2n) is 4.39. The largest absolute Gasteiger partial charge is 0.507 e. The van der Waals surface area contributed by atoms with E-state index >= 15 is 0 Å². The highest BCUT2D eigenvalue weighted by Gasteiger charge is 2.28.